The van der Waals surface area contributed by atoms with E-state index in [4.69, 9.17) is 4.74 Å². The first-order chi connectivity index (χ1) is 9.47. The number of benzene rings is 1. The Morgan fingerprint density at radius 3 is 2.70 bits per heavy atom. The highest BCUT2D eigenvalue weighted by Gasteiger charge is 2.13. The number of H-pyrrole nitrogens is 1. The molecule has 0 fully saturated rings. The van der Waals surface area contributed by atoms with E-state index in [0.717, 1.165) is 0 Å². The number of halogens is 1. The summed E-state index contributed by atoms with van der Waals surface area (Å²) >= 11 is 3.25. The fourth-order valence-electron chi connectivity index (χ4n) is 2.03. The molecule has 1 heterocycles. The van der Waals surface area contributed by atoms with Crippen molar-refractivity contribution < 1.29 is 9.84 Å². The molecule has 1 aromatic heterocycles. The minimum Gasteiger partial charge on any atom is -0.503 e. The monoisotopic (exact) mass is 338 g/mol. The summed E-state index contributed by atoms with van der Waals surface area (Å²) in [5.74, 6) is 0.776. The third-order valence-corrected chi connectivity index (χ3v) is 3.70. The first-order valence-electron chi connectivity index (χ1n) is 6.14. The number of hydrogen-bond acceptors (Lipinski definition) is 4. The molecule has 0 aliphatic heterocycles. The average molecular weight is 339 g/mol. The van der Waals surface area contributed by atoms with Gasteiger partial charge >= 0.3 is 0 Å². The quantitative estimate of drug-likeness (QED) is 0.902. The van der Waals surface area contributed by atoms with Gasteiger partial charge in [-0.15, -0.1) is 0 Å². The number of nitrogens with zero attached hydrogens (tertiary/aromatic N) is 1. The second kappa shape index (κ2) is 5.66. The topological polar surface area (TPSA) is 75.2 Å². The minimum atomic E-state index is -0.141. The van der Waals surface area contributed by atoms with E-state index in [1.165, 1.54) is 7.11 Å². The van der Waals surface area contributed by atoms with Crippen molar-refractivity contribution in [2.24, 2.45) is 0 Å². The first-order valence-corrected chi connectivity index (χ1v) is 6.93. The molecule has 0 spiro atoms. The summed E-state index contributed by atoms with van der Waals surface area (Å²) < 4.78 is 5.57. The average Bonchev–Trinajstić information content (AvgIpc) is 2.41. The second-order valence-electron chi connectivity index (χ2n) is 4.34. The molecule has 2 N–H and O–H groups in total. The molecular formula is C14H15BrN2O3. The van der Waals surface area contributed by atoms with Crippen LogP contribution in [0.4, 0.5) is 0 Å². The molecule has 1 aromatic carbocycles. The Balaban J connectivity index is 2.63. The van der Waals surface area contributed by atoms with Crippen molar-refractivity contribution >= 4 is 15.9 Å². The van der Waals surface area contributed by atoms with Crippen molar-refractivity contribution in [3.63, 3.8) is 0 Å². The van der Waals surface area contributed by atoms with Gasteiger partial charge in [-0.2, -0.15) is 0 Å². The number of phenols is 1. The zero-order valence-corrected chi connectivity index (χ0v) is 13.0. The smallest absolute Gasteiger partial charge is 0.254 e. The van der Waals surface area contributed by atoms with Crippen LogP contribution in [0.25, 0.3) is 11.4 Å². The maximum atomic E-state index is 12.0. The largest absolute Gasteiger partial charge is 0.503 e. The normalized spacial score (nSPS) is 10.6. The van der Waals surface area contributed by atoms with Crippen molar-refractivity contribution in [2.45, 2.75) is 20.3 Å². The predicted molar refractivity (Wildman–Crippen MR) is 80.3 cm³/mol. The van der Waals surface area contributed by atoms with Crippen LogP contribution in [0.15, 0.2) is 21.4 Å². The summed E-state index contributed by atoms with van der Waals surface area (Å²) in [5, 5.41) is 9.80. The Morgan fingerprint density at radius 1 is 1.45 bits per heavy atom. The molecule has 0 aliphatic rings. The molecule has 2 aromatic rings. The van der Waals surface area contributed by atoms with Gasteiger partial charge in [0.1, 0.15) is 5.82 Å². The Bertz CT molecular complexity index is 710. The van der Waals surface area contributed by atoms with Crippen LogP contribution in [0.5, 0.6) is 11.5 Å². The number of aromatic amines is 1. The summed E-state index contributed by atoms with van der Waals surface area (Å²) in [4.78, 5) is 19.1. The molecule has 0 atom stereocenters. The van der Waals surface area contributed by atoms with Gasteiger partial charge in [-0.05, 0) is 41.4 Å². The number of aromatic hydroxyl groups is 1. The lowest BCUT2D eigenvalue weighted by atomic mass is 10.1. The van der Waals surface area contributed by atoms with Gasteiger partial charge in [0.25, 0.3) is 5.56 Å². The Morgan fingerprint density at radius 2 is 2.15 bits per heavy atom. The van der Waals surface area contributed by atoms with Crippen LogP contribution < -0.4 is 10.3 Å². The molecule has 106 valence electrons. The first kappa shape index (κ1) is 14.6. The third-order valence-electron chi connectivity index (χ3n) is 3.10. The second-order valence-corrected chi connectivity index (χ2v) is 5.20. The standard InChI is InChI=1S/C14H15BrN2O3/c1-4-9-7(2)16-13(17-14(9)19)8-5-10(15)12(18)11(6-8)20-3/h5-6,18H,4H2,1-3H3,(H,16,17,19). The summed E-state index contributed by atoms with van der Waals surface area (Å²) in [7, 11) is 1.47. The molecule has 0 saturated heterocycles. The molecule has 6 heteroatoms. The van der Waals surface area contributed by atoms with Gasteiger partial charge in [-0.1, -0.05) is 6.92 Å². The van der Waals surface area contributed by atoms with E-state index in [2.05, 4.69) is 25.9 Å². The molecule has 5 nitrogen and oxygen atoms in total. The number of aryl methyl sites for hydroxylation is 1. The number of methoxy groups -OCH3 is 1. The van der Waals surface area contributed by atoms with Crippen molar-refractivity contribution in [3.05, 3.63) is 38.2 Å². The van der Waals surface area contributed by atoms with Gasteiger partial charge in [0.05, 0.1) is 11.6 Å². The van der Waals surface area contributed by atoms with E-state index in [1.54, 1.807) is 12.1 Å². The highest BCUT2D eigenvalue weighted by Crippen LogP contribution is 2.37. The molecule has 2 rings (SSSR count). The summed E-state index contributed by atoms with van der Waals surface area (Å²) in [6, 6.07) is 3.31. The van der Waals surface area contributed by atoms with E-state index in [9.17, 15) is 9.90 Å². The molecule has 0 aliphatic carbocycles. The molecule has 0 radical (unpaired) electrons. The molecule has 0 amide bonds. The number of hydrogen-bond donors (Lipinski definition) is 2. The maximum absolute atomic E-state index is 12.0. The van der Waals surface area contributed by atoms with Gasteiger partial charge in [0.2, 0.25) is 0 Å². The van der Waals surface area contributed by atoms with Gasteiger partial charge in [-0.3, -0.25) is 4.79 Å². The third kappa shape index (κ3) is 2.56. The van der Waals surface area contributed by atoms with E-state index in [-0.39, 0.29) is 11.3 Å². The van der Waals surface area contributed by atoms with Crippen molar-refractivity contribution in [3.8, 4) is 22.9 Å². The van der Waals surface area contributed by atoms with Gasteiger partial charge in [0.15, 0.2) is 11.5 Å². The van der Waals surface area contributed by atoms with Crippen molar-refractivity contribution in [1.29, 1.82) is 0 Å². The van der Waals surface area contributed by atoms with Crippen LogP contribution in [-0.4, -0.2) is 22.2 Å². The number of nitrogens with one attached hydrogen (secondary N) is 1. The highest BCUT2D eigenvalue weighted by atomic mass is 79.9. The minimum absolute atomic E-state index is 0.0143. The SMILES string of the molecule is CCc1c(C)nc(-c2cc(Br)c(O)c(OC)c2)[nH]c1=O. The zero-order valence-electron chi connectivity index (χ0n) is 11.5. The number of ether oxygens (including phenoxy) is 1. The molecule has 0 bridgehead atoms. The molecule has 0 unspecified atom stereocenters. The Labute approximate surface area is 124 Å². The van der Waals surface area contributed by atoms with Crippen molar-refractivity contribution in [1.82, 2.24) is 9.97 Å². The van der Waals surface area contributed by atoms with Crippen molar-refractivity contribution in [2.75, 3.05) is 7.11 Å². The lowest BCUT2D eigenvalue weighted by molar-refractivity contribution is 0.372. The summed E-state index contributed by atoms with van der Waals surface area (Å²) in [5.41, 5.74) is 1.90. The number of aromatic nitrogens is 2. The van der Waals surface area contributed by atoms with Crippen LogP contribution in [0.1, 0.15) is 18.2 Å². The van der Waals surface area contributed by atoms with Gasteiger partial charge in [-0.25, -0.2) is 4.98 Å². The van der Waals surface area contributed by atoms with E-state index in [1.807, 2.05) is 13.8 Å². The predicted octanol–water partition coefficient (Wildman–Crippen LogP) is 2.78. The summed E-state index contributed by atoms with van der Waals surface area (Å²) in [6.45, 7) is 3.73. The zero-order chi connectivity index (χ0) is 14.9. The lowest BCUT2D eigenvalue weighted by Gasteiger charge is -2.10. The van der Waals surface area contributed by atoms with E-state index in [0.29, 0.717) is 39.3 Å². The number of rotatable bonds is 3. The maximum Gasteiger partial charge on any atom is 0.254 e. The van der Waals surface area contributed by atoms with Crippen LogP contribution in [0.3, 0.4) is 0 Å². The van der Waals surface area contributed by atoms with E-state index >= 15 is 0 Å². The molecule has 0 saturated carbocycles. The molecule has 20 heavy (non-hydrogen) atoms. The fourth-order valence-corrected chi connectivity index (χ4v) is 2.47. The van der Waals surface area contributed by atoms with Crippen LogP contribution in [0.2, 0.25) is 0 Å². The Hall–Kier alpha value is -1.82. The van der Waals surface area contributed by atoms with E-state index < -0.39 is 0 Å². The highest BCUT2D eigenvalue weighted by molar-refractivity contribution is 9.10. The fraction of sp³-hybridized carbons (Fsp3) is 0.286. The van der Waals surface area contributed by atoms with Crippen LogP contribution >= 0.6 is 15.9 Å². The number of phenolic OH excluding ortho intramolecular Hbond substituents is 1. The van der Waals surface area contributed by atoms with Crippen LogP contribution in [-0.2, 0) is 6.42 Å². The van der Waals surface area contributed by atoms with Crippen LogP contribution in [0, 0.1) is 6.92 Å². The summed E-state index contributed by atoms with van der Waals surface area (Å²) in [6.07, 6.45) is 0.636. The molecular weight excluding hydrogens is 324 g/mol. The van der Waals surface area contributed by atoms with Gasteiger partial charge < -0.3 is 14.8 Å². The lowest BCUT2D eigenvalue weighted by Crippen LogP contribution is -2.16. The van der Waals surface area contributed by atoms with Gasteiger partial charge in [0, 0.05) is 16.8 Å². The Kier molecular flexibility index (Phi) is 4.13.